The van der Waals surface area contributed by atoms with Crippen LogP contribution >= 0.6 is 0 Å². The van der Waals surface area contributed by atoms with Crippen LogP contribution in [0.3, 0.4) is 0 Å². The maximum Gasteiger partial charge on any atom is 0.161 e. The Kier molecular flexibility index (Phi) is 4.34. The summed E-state index contributed by atoms with van der Waals surface area (Å²) in [5.41, 5.74) is 2.45. The molecular formula is C19H23N3O2. The molecule has 1 aromatic heterocycles. The van der Waals surface area contributed by atoms with Crippen LogP contribution in [-0.2, 0) is 6.54 Å². The van der Waals surface area contributed by atoms with Crippen molar-refractivity contribution in [2.45, 2.75) is 32.2 Å². The van der Waals surface area contributed by atoms with Gasteiger partial charge in [0, 0.05) is 30.9 Å². The number of hydrogen-bond donors (Lipinski definition) is 0. The van der Waals surface area contributed by atoms with Gasteiger partial charge in [-0.3, -0.25) is 4.90 Å². The molecule has 3 heterocycles. The number of fused-ring (bicyclic) bond motifs is 1. The maximum absolute atomic E-state index is 5.70. The third-order valence-electron chi connectivity index (χ3n) is 4.73. The number of likely N-dealkylation sites (tertiary alicyclic amines) is 1. The lowest BCUT2D eigenvalue weighted by molar-refractivity contribution is 0.170. The first kappa shape index (κ1) is 15.4. The van der Waals surface area contributed by atoms with Gasteiger partial charge in [0.05, 0.1) is 0 Å². The molecule has 0 radical (unpaired) electrons. The molecular weight excluding hydrogens is 302 g/mol. The number of piperidine rings is 1. The van der Waals surface area contributed by atoms with Crippen LogP contribution in [0.4, 0.5) is 0 Å². The van der Waals surface area contributed by atoms with E-state index in [9.17, 15) is 0 Å². The standard InChI is InChI=1S/C19H23N3O2/c1-14-20-7-6-17(21-14)16-3-2-8-22(13-16)12-15-4-5-18-19(11-15)24-10-9-23-18/h4-7,11,16H,2-3,8-10,12-13H2,1H3. The number of hydrogen-bond acceptors (Lipinski definition) is 5. The van der Waals surface area contributed by atoms with E-state index in [2.05, 4.69) is 33.1 Å². The topological polar surface area (TPSA) is 47.5 Å². The molecule has 0 aliphatic carbocycles. The second-order valence-electron chi connectivity index (χ2n) is 6.58. The zero-order valence-corrected chi connectivity index (χ0v) is 14.1. The fourth-order valence-corrected chi connectivity index (χ4v) is 3.59. The number of ether oxygens (including phenoxy) is 2. The van der Waals surface area contributed by atoms with E-state index in [0.717, 1.165) is 37.0 Å². The molecule has 1 fully saturated rings. The van der Waals surface area contributed by atoms with Gasteiger partial charge in [0.15, 0.2) is 11.5 Å². The van der Waals surface area contributed by atoms with Crippen molar-refractivity contribution < 1.29 is 9.47 Å². The van der Waals surface area contributed by atoms with Gasteiger partial charge in [-0.05, 0) is 50.1 Å². The van der Waals surface area contributed by atoms with Gasteiger partial charge in [0.1, 0.15) is 19.0 Å². The third kappa shape index (κ3) is 3.36. The van der Waals surface area contributed by atoms with Crippen LogP contribution in [0.1, 0.15) is 35.8 Å². The SMILES string of the molecule is Cc1nccc(C2CCCN(Cc3ccc4c(c3)OCCO4)C2)n1. The third-order valence-corrected chi connectivity index (χ3v) is 4.73. The Hall–Kier alpha value is -2.14. The highest BCUT2D eigenvalue weighted by Crippen LogP contribution is 2.32. The number of aryl methyl sites for hydroxylation is 1. The van der Waals surface area contributed by atoms with E-state index in [1.165, 1.54) is 24.1 Å². The van der Waals surface area contributed by atoms with E-state index in [4.69, 9.17) is 9.47 Å². The summed E-state index contributed by atoms with van der Waals surface area (Å²) >= 11 is 0. The van der Waals surface area contributed by atoms with Crippen molar-refractivity contribution >= 4 is 0 Å². The quantitative estimate of drug-likeness (QED) is 0.868. The molecule has 5 nitrogen and oxygen atoms in total. The molecule has 126 valence electrons. The maximum atomic E-state index is 5.70. The molecule has 2 aliphatic rings. The van der Waals surface area contributed by atoms with E-state index in [1.807, 2.05) is 19.2 Å². The van der Waals surface area contributed by atoms with Gasteiger partial charge in [-0.2, -0.15) is 0 Å². The number of nitrogens with zero attached hydrogens (tertiary/aromatic N) is 3. The Morgan fingerprint density at radius 1 is 1.17 bits per heavy atom. The predicted octanol–water partition coefficient (Wildman–Crippen LogP) is 2.94. The van der Waals surface area contributed by atoms with Crippen LogP contribution in [0.2, 0.25) is 0 Å². The molecule has 1 atom stereocenters. The van der Waals surface area contributed by atoms with Gasteiger partial charge >= 0.3 is 0 Å². The highest BCUT2D eigenvalue weighted by Gasteiger charge is 2.23. The zero-order chi connectivity index (χ0) is 16.4. The number of benzene rings is 1. The van der Waals surface area contributed by atoms with Gasteiger partial charge in [0.2, 0.25) is 0 Å². The second-order valence-corrected chi connectivity index (χ2v) is 6.58. The van der Waals surface area contributed by atoms with Crippen LogP contribution in [0.5, 0.6) is 11.5 Å². The summed E-state index contributed by atoms with van der Waals surface area (Å²) in [5, 5.41) is 0. The average Bonchev–Trinajstić information content (AvgIpc) is 2.62. The first-order valence-corrected chi connectivity index (χ1v) is 8.68. The highest BCUT2D eigenvalue weighted by molar-refractivity contribution is 5.43. The lowest BCUT2D eigenvalue weighted by atomic mass is 9.94. The van der Waals surface area contributed by atoms with Gasteiger partial charge in [-0.25, -0.2) is 9.97 Å². The highest BCUT2D eigenvalue weighted by atomic mass is 16.6. The van der Waals surface area contributed by atoms with E-state index in [0.29, 0.717) is 19.1 Å². The monoisotopic (exact) mass is 325 g/mol. The first-order chi connectivity index (χ1) is 11.8. The minimum Gasteiger partial charge on any atom is -0.486 e. The van der Waals surface area contributed by atoms with E-state index in [1.54, 1.807) is 0 Å². The fourth-order valence-electron chi connectivity index (χ4n) is 3.59. The molecule has 2 aromatic rings. The van der Waals surface area contributed by atoms with Crippen LogP contribution in [0.25, 0.3) is 0 Å². The molecule has 2 aliphatic heterocycles. The molecule has 0 saturated carbocycles. The molecule has 1 unspecified atom stereocenters. The molecule has 0 amide bonds. The van der Waals surface area contributed by atoms with E-state index in [-0.39, 0.29) is 0 Å². The van der Waals surface area contributed by atoms with Crippen LogP contribution in [0, 0.1) is 6.92 Å². The molecule has 0 spiro atoms. The molecule has 4 rings (SSSR count). The van der Waals surface area contributed by atoms with Crippen molar-refractivity contribution in [3.8, 4) is 11.5 Å². The molecule has 1 aromatic carbocycles. The van der Waals surface area contributed by atoms with Gasteiger partial charge in [-0.15, -0.1) is 0 Å². The molecule has 24 heavy (non-hydrogen) atoms. The second kappa shape index (κ2) is 6.77. The zero-order valence-electron chi connectivity index (χ0n) is 14.1. The molecule has 1 saturated heterocycles. The van der Waals surface area contributed by atoms with Crippen molar-refractivity contribution in [1.29, 1.82) is 0 Å². The average molecular weight is 325 g/mol. The summed E-state index contributed by atoms with van der Waals surface area (Å²) in [5.74, 6) is 3.09. The largest absolute Gasteiger partial charge is 0.486 e. The smallest absolute Gasteiger partial charge is 0.161 e. The summed E-state index contributed by atoms with van der Waals surface area (Å²) in [6.07, 6.45) is 4.28. The Morgan fingerprint density at radius 3 is 2.92 bits per heavy atom. The summed E-state index contributed by atoms with van der Waals surface area (Å²) < 4.78 is 11.3. The van der Waals surface area contributed by atoms with Gasteiger partial charge < -0.3 is 9.47 Å². The molecule has 0 N–H and O–H groups in total. The Labute approximate surface area is 142 Å². The minimum atomic E-state index is 0.498. The Balaban J connectivity index is 1.45. The minimum absolute atomic E-state index is 0.498. The fraction of sp³-hybridized carbons (Fsp3) is 0.474. The predicted molar refractivity (Wildman–Crippen MR) is 91.5 cm³/mol. The summed E-state index contributed by atoms with van der Waals surface area (Å²) in [6.45, 7) is 6.35. The summed E-state index contributed by atoms with van der Waals surface area (Å²) in [6, 6.07) is 8.35. The molecule has 5 heteroatoms. The summed E-state index contributed by atoms with van der Waals surface area (Å²) in [7, 11) is 0. The van der Waals surface area contributed by atoms with Crippen molar-refractivity contribution in [2.24, 2.45) is 0 Å². The van der Waals surface area contributed by atoms with Crippen molar-refractivity contribution in [3.63, 3.8) is 0 Å². The van der Waals surface area contributed by atoms with Gasteiger partial charge in [-0.1, -0.05) is 6.07 Å². The Bertz CT molecular complexity index is 720. The first-order valence-electron chi connectivity index (χ1n) is 8.68. The number of aromatic nitrogens is 2. The lowest BCUT2D eigenvalue weighted by Gasteiger charge is -2.32. The van der Waals surface area contributed by atoms with Crippen LogP contribution in [-0.4, -0.2) is 41.2 Å². The van der Waals surface area contributed by atoms with E-state index < -0.39 is 0 Å². The summed E-state index contributed by atoms with van der Waals surface area (Å²) in [4.78, 5) is 11.3. The number of rotatable bonds is 3. The molecule has 0 bridgehead atoms. The normalized spacial score (nSPS) is 20.8. The lowest BCUT2D eigenvalue weighted by Crippen LogP contribution is -2.34. The Morgan fingerprint density at radius 2 is 2.04 bits per heavy atom. The van der Waals surface area contributed by atoms with E-state index >= 15 is 0 Å². The van der Waals surface area contributed by atoms with Crippen molar-refractivity contribution in [2.75, 3.05) is 26.3 Å². The van der Waals surface area contributed by atoms with Gasteiger partial charge in [0.25, 0.3) is 0 Å². The van der Waals surface area contributed by atoms with Crippen molar-refractivity contribution in [1.82, 2.24) is 14.9 Å². The van der Waals surface area contributed by atoms with Crippen LogP contribution in [0.15, 0.2) is 30.5 Å². The van der Waals surface area contributed by atoms with Crippen LogP contribution < -0.4 is 9.47 Å². The van der Waals surface area contributed by atoms with Crippen molar-refractivity contribution in [3.05, 3.63) is 47.5 Å².